The molecule has 2 aliphatic rings. The lowest BCUT2D eigenvalue weighted by Crippen LogP contribution is -2.48. The first-order valence-corrected chi connectivity index (χ1v) is 7.15. The maximum atomic E-state index is 12.4. The number of phenolic OH excluding ortho intramolecular Hbond substituents is 2. The Morgan fingerprint density at radius 3 is 2.38 bits per heavy atom. The van der Waals surface area contributed by atoms with Gasteiger partial charge in [-0.15, -0.1) is 0 Å². The number of benzene rings is 1. The van der Waals surface area contributed by atoms with E-state index in [1.54, 1.807) is 0 Å². The van der Waals surface area contributed by atoms with Crippen LogP contribution in [0.3, 0.4) is 0 Å². The molecule has 1 aromatic rings. The lowest BCUT2D eigenvalue weighted by molar-refractivity contribution is -0.126. The second-order valence-corrected chi connectivity index (χ2v) is 6.17. The summed E-state index contributed by atoms with van der Waals surface area (Å²) in [6, 6.07) is 0. The molecule has 0 aromatic heterocycles. The first-order valence-electron chi connectivity index (χ1n) is 7.15. The van der Waals surface area contributed by atoms with Crippen molar-refractivity contribution >= 4 is 11.6 Å². The number of Topliss-reactive ketones (excluding diaryl/α,β-unsaturated/α-hetero) is 1. The predicted molar refractivity (Wildman–Crippen MR) is 78.8 cm³/mol. The van der Waals surface area contributed by atoms with Gasteiger partial charge >= 0.3 is 0 Å². The molecule has 0 heterocycles. The van der Waals surface area contributed by atoms with Gasteiger partial charge < -0.3 is 30.3 Å². The molecule has 0 saturated carbocycles. The number of rotatable bonds is 1. The molecule has 5 N–H and O–H groups in total. The van der Waals surface area contributed by atoms with E-state index in [0.29, 0.717) is 0 Å². The largest absolute Gasteiger partial charge is 0.507 e. The van der Waals surface area contributed by atoms with E-state index in [2.05, 4.69) is 0 Å². The highest BCUT2D eigenvalue weighted by Crippen LogP contribution is 2.49. The van der Waals surface area contributed by atoms with Gasteiger partial charge in [0.1, 0.15) is 23.7 Å². The first kappa shape index (κ1) is 16.4. The number of fused-ring (bicyclic) bond motifs is 2. The van der Waals surface area contributed by atoms with Gasteiger partial charge in [-0.2, -0.15) is 0 Å². The number of aliphatic hydroxyl groups excluding tert-OH is 2. The van der Waals surface area contributed by atoms with Crippen LogP contribution in [0.25, 0.3) is 0 Å². The molecule has 1 aromatic carbocycles. The monoisotopic (exact) mass is 336 g/mol. The van der Waals surface area contributed by atoms with Gasteiger partial charge in [-0.05, 0) is 6.92 Å². The van der Waals surface area contributed by atoms with E-state index in [1.807, 2.05) is 0 Å². The van der Waals surface area contributed by atoms with E-state index in [4.69, 9.17) is 4.74 Å². The van der Waals surface area contributed by atoms with Crippen molar-refractivity contribution in [1.82, 2.24) is 0 Å². The molecule has 8 heteroatoms. The van der Waals surface area contributed by atoms with Gasteiger partial charge in [0.15, 0.2) is 11.5 Å². The third-order valence-electron chi connectivity index (χ3n) is 4.54. The molecular weight excluding hydrogens is 320 g/mol. The van der Waals surface area contributed by atoms with E-state index in [1.165, 1.54) is 14.0 Å². The van der Waals surface area contributed by atoms with Gasteiger partial charge in [0.2, 0.25) is 5.78 Å². The van der Waals surface area contributed by atoms with Crippen molar-refractivity contribution in [2.45, 2.75) is 31.2 Å². The molecule has 0 amide bonds. The Labute approximate surface area is 136 Å². The van der Waals surface area contributed by atoms with Gasteiger partial charge in [-0.3, -0.25) is 9.59 Å². The number of hydrogen-bond donors (Lipinski definition) is 5. The molecule has 2 aliphatic carbocycles. The van der Waals surface area contributed by atoms with Crippen LogP contribution in [0.2, 0.25) is 0 Å². The first-order chi connectivity index (χ1) is 11.1. The minimum Gasteiger partial charge on any atom is -0.507 e. The fourth-order valence-electron chi connectivity index (χ4n) is 3.24. The Balaban J connectivity index is 2.36. The second kappa shape index (κ2) is 5.04. The van der Waals surface area contributed by atoms with Crippen LogP contribution in [-0.4, -0.2) is 55.9 Å². The Morgan fingerprint density at radius 1 is 1.17 bits per heavy atom. The minimum atomic E-state index is -1.80. The normalized spacial score (nSPS) is 29.0. The van der Waals surface area contributed by atoms with E-state index < -0.39 is 52.0 Å². The van der Waals surface area contributed by atoms with Gasteiger partial charge in [0, 0.05) is 23.6 Å². The summed E-state index contributed by atoms with van der Waals surface area (Å²) in [6.07, 6.45) is -2.85. The average Bonchev–Trinajstić information content (AvgIpc) is 2.51. The predicted octanol–water partition coefficient (Wildman–Crippen LogP) is -0.291. The fraction of sp³-hybridized carbons (Fsp3) is 0.375. The number of hydrogen-bond acceptors (Lipinski definition) is 8. The maximum Gasteiger partial charge on any atom is 0.232 e. The summed E-state index contributed by atoms with van der Waals surface area (Å²) in [5, 5.41) is 51.3. The average molecular weight is 336 g/mol. The summed E-state index contributed by atoms with van der Waals surface area (Å²) < 4.78 is 4.81. The molecule has 2 unspecified atom stereocenters. The zero-order valence-corrected chi connectivity index (χ0v) is 12.9. The van der Waals surface area contributed by atoms with Crippen LogP contribution in [0.4, 0.5) is 0 Å². The Bertz CT molecular complexity index is 805. The number of phenols is 2. The zero-order chi connectivity index (χ0) is 18.0. The SMILES string of the molecule is COC1=CC(=O)c2c(O)c3c(c(O)c2C1=O)C[C@](C)(O)C(O)C3O. The third-order valence-corrected chi connectivity index (χ3v) is 4.54. The number of carbonyl (C=O) groups excluding carboxylic acids is 2. The van der Waals surface area contributed by atoms with Gasteiger partial charge in [-0.1, -0.05) is 0 Å². The van der Waals surface area contributed by atoms with Crippen molar-refractivity contribution < 1.29 is 39.9 Å². The van der Waals surface area contributed by atoms with Crippen LogP contribution in [0.1, 0.15) is 44.9 Å². The quantitative estimate of drug-likeness (QED) is 0.440. The van der Waals surface area contributed by atoms with Crippen LogP contribution in [0.15, 0.2) is 11.8 Å². The highest BCUT2D eigenvalue weighted by atomic mass is 16.5. The molecule has 0 fully saturated rings. The number of methoxy groups -OCH3 is 1. The molecule has 0 bridgehead atoms. The van der Waals surface area contributed by atoms with Crippen molar-refractivity contribution in [3.05, 3.63) is 34.1 Å². The van der Waals surface area contributed by atoms with Crippen molar-refractivity contribution in [1.29, 1.82) is 0 Å². The molecule has 0 spiro atoms. The van der Waals surface area contributed by atoms with Crippen LogP contribution in [-0.2, 0) is 11.2 Å². The third kappa shape index (κ3) is 1.97. The molecule has 8 nitrogen and oxygen atoms in total. The standard InChI is InChI=1S/C16H16O8/c1-16(23)4-5-8(14(21)15(16)22)13(20)9-6(17)3-7(24-2)12(19)10(9)11(5)18/h3,14-15,18,20-23H,4H2,1-2H3/t14?,15?,16-/m0/s1. The van der Waals surface area contributed by atoms with Crippen molar-refractivity contribution in [2.75, 3.05) is 7.11 Å². The minimum absolute atomic E-state index is 0.104. The van der Waals surface area contributed by atoms with Gasteiger partial charge in [0.05, 0.1) is 23.8 Å². The highest BCUT2D eigenvalue weighted by molar-refractivity contribution is 6.26. The van der Waals surface area contributed by atoms with Crippen molar-refractivity contribution in [3.8, 4) is 11.5 Å². The van der Waals surface area contributed by atoms with Gasteiger partial charge in [0.25, 0.3) is 0 Å². The van der Waals surface area contributed by atoms with E-state index in [0.717, 1.165) is 6.08 Å². The van der Waals surface area contributed by atoms with Crippen molar-refractivity contribution in [2.24, 2.45) is 0 Å². The summed E-state index contributed by atoms with van der Waals surface area (Å²) in [5.74, 6) is -3.22. The zero-order valence-electron chi connectivity index (χ0n) is 12.9. The van der Waals surface area contributed by atoms with Crippen molar-refractivity contribution in [3.63, 3.8) is 0 Å². The maximum absolute atomic E-state index is 12.4. The summed E-state index contributed by atoms with van der Waals surface area (Å²) >= 11 is 0. The number of ketones is 2. The summed E-state index contributed by atoms with van der Waals surface area (Å²) in [5.41, 5.74) is -3.10. The molecule has 24 heavy (non-hydrogen) atoms. The number of allylic oxidation sites excluding steroid dienone is 2. The van der Waals surface area contributed by atoms with Crippen LogP contribution in [0.5, 0.6) is 11.5 Å². The molecule has 0 saturated heterocycles. The summed E-state index contributed by atoms with van der Waals surface area (Å²) in [7, 11) is 1.18. The molecule has 0 radical (unpaired) electrons. The molecular formula is C16H16O8. The van der Waals surface area contributed by atoms with Crippen LogP contribution < -0.4 is 0 Å². The molecule has 3 atom stereocenters. The Morgan fingerprint density at radius 2 is 1.79 bits per heavy atom. The molecule has 0 aliphatic heterocycles. The molecule has 3 rings (SSSR count). The Kier molecular flexibility index (Phi) is 3.45. The lowest BCUT2D eigenvalue weighted by atomic mass is 9.74. The number of aromatic hydroxyl groups is 2. The van der Waals surface area contributed by atoms with E-state index in [9.17, 15) is 35.1 Å². The van der Waals surface area contributed by atoms with E-state index >= 15 is 0 Å². The van der Waals surface area contributed by atoms with Gasteiger partial charge in [-0.25, -0.2) is 0 Å². The highest BCUT2D eigenvalue weighted by Gasteiger charge is 2.47. The second-order valence-electron chi connectivity index (χ2n) is 6.17. The fourth-order valence-corrected chi connectivity index (χ4v) is 3.24. The Hall–Kier alpha value is -2.42. The lowest BCUT2D eigenvalue weighted by Gasteiger charge is -2.39. The van der Waals surface area contributed by atoms with Crippen LogP contribution in [0, 0.1) is 0 Å². The number of ether oxygens (including phenoxy) is 1. The topological polar surface area (TPSA) is 145 Å². The summed E-state index contributed by atoms with van der Waals surface area (Å²) in [6.45, 7) is 1.24. The molecule has 128 valence electrons. The smallest absolute Gasteiger partial charge is 0.232 e. The van der Waals surface area contributed by atoms with Crippen LogP contribution >= 0.6 is 0 Å². The summed E-state index contributed by atoms with van der Waals surface area (Å²) in [4.78, 5) is 24.6. The number of aliphatic hydroxyl groups is 3. The van der Waals surface area contributed by atoms with E-state index in [-0.39, 0.29) is 23.3 Å². The number of carbonyl (C=O) groups is 2.